The maximum Gasteiger partial charge on any atom is 0.334 e. The number of methoxy groups -OCH3 is 2. The van der Waals surface area contributed by atoms with Crippen LogP contribution in [0.4, 0.5) is 0 Å². The van der Waals surface area contributed by atoms with E-state index in [9.17, 15) is 9.59 Å². The van der Waals surface area contributed by atoms with Crippen LogP contribution in [-0.2, 0) is 9.53 Å². The van der Waals surface area contributed by atoms with Crippen LogP contribution < -0.4 is 18.9 Å². The van der Waals surface area contributed by atoms with Gasteiger partial charge in [-0.05, 0) is 42.0 Å². The molecule has 2 aliphatic heterocycles. The van der Waals surface area contributed by atoms with Gasteiger partial charge in [-0.15, -0.1) is 0 Å². The monoisotopic (exact) mass is 382 g/mol. The maximum atomic E-state index is 13.0. The summed E-state index contributed by atoms with van der Waals surface area (Å²) in [6, 6.07) is 10.2. The van der Waals surface area contributed by atoms with E-state index < -0.39 is 11.9 Å². The van der Waals surface area contributed by atoms with E-state index in [1.54, 1.807) is 49.6 Å². The molecule has 7 heteroatoms. The summed E-state index contributed by atoms with van der Waals surface area (Å²) in [5.41, 5.74) is 1.44. The number of carbonyl (C=O) groups excluding carboxylic acids is 2. The molecule has 0 radical (unpaired) electrons. The van der Waals surface area contributed by atoms with Gasteiger partial charge in [0.1, 0.15) is 6.61 Å². The largest absolute Gasteiger partial charge is 0.493 e. The molecular formula is C21H18O7. The normalized spacial score (nSPS) is 18.9. The van der Waals surface area contributed by atoms with Crippen molar-refractivity contribution in [2.75, 3.05) is 27.6 Å². The fourth-order valence-corrected chi connectivity index (χ4v) is 3.22. The standard InChI is InChI=1S/C21H18O7/c1-24-16-5-3-12(8-18(16)25-2)7-14-15(10-26-21(14)23)20(22)13-4-6-17-19(9-13)28-11-27-17/h3-9,15H,10-11H2,1-2H3/b14-7+. The molecule has 1 fully saturated rings. The molecule has 0 spiro atoms. The van der Waals surface area contributed by atoms with Crippen molar-refractivity contribution in [3.8, 4) is 23.0 Å². The first kappa shape index (κ1) is 17.9. The first-order valence-electron chi connectivity index (χ1n) is 8.65. The molecule has 0 bridgehead atoms. The van der Waals surface area contributed by atoms with Gasteiger partial charge in [0.05, 0.1) is 25.7 Å². The van der Waals surface area contributed by atoms with Gasteiger partial charge in [0, 0.05) is 5.56 Å². The Morgan fingerprint density at radius 1 is 1.00 bits per heavy atom. The van der Waals surface area contributed by atoms with E-state index in [1.165, 1.54) is 7.11 Å². The van der Waals surface area contributed by atoms with E-state index >= 15 is 0 Å². The Balaban J connectivity index is 1.65. The zero-order chi connectivity index (χ0) is 19.7. The van der Waals surface area contributed by atoms with Crippen LogP contribution in [0.1, 0.15) is 15.9 Å². The first-order valence-corrected chi connectivity index (χ1v) is 8.65. The summed E-state index contributed by atoms with van der Waals surface area (Å²) >= 11 is 0. The van der Waals surface area contributed by atoms with Crippen molar-refractivity contribution in [2.45, 2.75) is 0 Å². The minimum atomic E-state index is -0.694. The molecule has 2 aromatic rings. The molecule has 0 saturated carbocycles. The van der Waals surface area contributed by atoms with Crippen LogP contribution in [0.5, 0.6) is 23.0 Å². The number of ketones is 1. The summed E-state index contributed by atoms with van der Waals surface area (Å²) in [4.78, 5) is 25.2. The average Bonchev–Trinajstić information content (AvgIpc) is 3.33. The molecule has 2 heterocycles. The molecule has 7 nitrogen and oxygen atoms in total. The second kappa shape index (κ2) is 7.26. The van der Waals surface area contributed by atoms with E-state index in [-0.39, 0.29) is 19.2 Å². The molecule has 2 aromatic carbocycles. The van der Waals surface area contributed by atoms with Crippen LogP contribution in [0.15, 0.2) is 42.0 Å². The van der Waals surface area contributed by atoms with E-state index in [4.69, 9.17) is 23.7 Å². The lowest BCUT2D eigenvalue weighted by atomic mass is 9.91. The lowest BCUT2D eigenvalue weighted by Gasteiger charge is -2.10. The second-order valence-corrected chi connectivity index (χ2v) is 6.30. The van der Waals surface area contributed by atoms with Gasteiger partial charge in [-0.2, -0.15) is 0 Å². The van der Waals surface area contributed by atoms with Gasteiger partial charge in [0.15, 0.2) is 28.8 Å². The van der Waals surface area contributed by atoms with Gasteiger partial charge in [-0.25, -0.2) is 4.79 Å². The molecule has 0 aromatic heterocycles. The SMILES string of the molecule is COc1ccc(/C=C2/C(=O)OCC2C(=O)c2ccc3c(c2)OCO3)cc1OC. The third-order valence-corrected chi connectivity index (χ3v) is 4.70. The van der Waals surface area contributed by atoms with Crippen molar-refractivity contribution in [3.63, 3.8) is 0 Å². The third-order valence-electron chi connectivity index (χ3n) is 4.70. The van der Waals surface area contributed by atoms with Crippen LogP contribution >= 0.6 is 0 Å². The molecule has 4 rings (SSSR count). The van der Waals surface area contributed by atoms with Gasteiger partial charge in [-0.3, -0.25) is 4.79 Å². The van der Waals surface area contributed by atoms with Crippen molar-refractivity contribution in [1.29, 1.82) is 0 Å². The Morgan fingerprint density at radius 3 is 2.57 bits per heavy atom. The van der Waals surface area contributed by atoms with Gasteiger partial charge in [0.25, 0.3) is 0 Å². The Kier molecular flexibility index (Phi) is 4.65. The number of carbonyl (C=O) groups is 2. The van der Waals surface area contributed by atoms with Crippen molar-refractivity contribution in [3.05, 3.63) is 53.1 Å². The zero-order valence-corrected chi connectivity index (χ0v) is 15.4. The van der Waals surface area contributed by atoms with Crippen LogP contribution in [0, 0.1) is 5.92 Å². The summed E-state index contributed by atoms with van der Waals surface area (Å²) in [5, 5.41) is 0. The summed E-state index contributed by atoms with van der Waals surface area (Å²) in [6.45, 7) is 0.133. The molecule has 1 atom stereocenters. The number of hydrogen-bond acceptors (Lipinski definition) is 7. The van der Waals surface area contributed by atoms with Crippen molar-refractivity contribution >= 4 is 17.8 Å². The minimum Gasteiger partial charge on any atom is -0.493 e. The Hall–Kier alpha value is -3.48. The molecule has 0 N–H and O–H groups in total. The number of rotatable bonds is 5. The Morgan fingerprint density at radius 2 is 1.79 bits per heavy atom. The quantitative estimate of drug-likeness (QED) is 0.447. The average molecular weight is 382 g/mol. The number of esters is 1. The van der Waals surface area contributed by atoms with Gasteiger partial charge in [-0.1, -0.05) is 6.07 Å². The highest BCUT2D eigenvalue weighted by molar-refractivity contribution is 6.09. The highest BCUT2D eigenvalue weighted by Crippen LogP contribution is 2.35. The highest BCUT2D eigenvalue weighted by Gasteiger charge is 2.36. The van der Waals surface area contributed by atoms with Crippen molar-refractivity contribution in [2.24, 2.45) is 5.92 Å². The molecule has 1 unspecified atom stereocenters. The van der Waals surface area contributed by atoms with Crippen LogP contribution in [0.2, 0.25) is 0 Å². The van der Waals surface area contributed by atoms with E-state index in [2.05, 4.69) is 0 Å². The lowest BCUT2D eigenvalue weighted by Crippen LogP contribution is -2.17. The number of hydrogen-bond donors (Lipinski definition) is 0. The fourth-order valence-electron chi connectivity index (χ4n) is 3.22. The third kappa shape index (κ3) is 3.15. The molecular weight excluding hydrogens is 364 g/mol. The number of benzene rings is 2. The molecule has 28 heavy (non-hydrogen) atoms. The van der Waals surface area contributed by atoms with Crippen LogP contribution in [-0.4, -0.2) is 39.4 Å². The molecule has 0 aliphatic carbocycles. The second-order valence-electron chi connectivity index (χ2n) is 6.30. The summed E-state index contributed by atoms with van der Waals surface area (Å²) in [7, 11) is 3.08. The molecule has 1 saturated heterocycles. The summed E-state index contributed by atoms with van der Waals surface area (Å²) in [5.74, 6) is 0.803. The number of ether oxygens (including phenoxy) is 5. The van der Waals surface area contributed by atoms with Crippen LogP contribution in [0.25, 0.3) is 6.08 Å². The summed E-state index contributed by atoms with van der Waals surface area (Å²) in [6.07, 6.45) is 1.65. The maximum absolute atomic E-state index is 13.0. The Labute approximate surface area is 161 Å². The van der Waals surface area contributed by atoms with Gasteiger partial charge >= 0.3 is 5.97 Å². The number of fused-ring (bicyclic) bond motifs is 1. The number of Topliss-reactive ketones (excluding diaryl/α,β-unsaturated/α-hetero) is 1. The van der Waals surface area contributed by atoms with Crippen molar-refractivity contribution < 1.29 is 33.3 Å². The smallest absolute Gasteiger partial charge is 0.334 e. The van der Waals surface area contributed by atoms with E-state index in [0.717, 1.165) is 0 Å². The van der Waals surface area contributed by atoms with E-state index in [0.29, 0.717) is 39.7 Å². The molecule has 0 amide bonds. The fraction of sp³-hybridized carbons (Fsp3) is 0.238. The molecule has 2 aliphatic rings. The van der Waals surface area contributed by atoms with Crippen molar-refractivity contribution in [1.82, 2.24) is 0 Å². The predicted octanol–water partition coefficient (Wildman–Crippen LogP) is 2.87. The van der Waals surface area contributed by atoms with Crippen LogP contribution in [0.3, 0.4) is 0 Å². The zero-order valence-electron chi connectivity index (χ0n) is 15.4. The Bertz CT molecular complexity index is 977. The topological polar surface area (TPSA) is 80.3 Å². The van der Waals surface area contributed by atoms with E-state index in [1.807, 2.05) is 0 Å². The lowest BCUT2D eigenvalue weighted by molar-refractivity contribution is -0.135. The summed E-state index contributed by atoms with van der Waals surface area (Å²) < 4.78 is 26.3. The number of cyclic esters (lactones) is 1. The predicted molar refractivity (Wildman–Crippen MR) is 98.9 cm³/mol. The van der Waals surface area contributed by atoms with Gasteiger partial charge < -0.3 is 23.7 Å². The first-order chi connectivity index (χ1) is 13.6. The minimum absolute atomic E-state index is 0.00519. The highest BCUT2D eigenvalue weighted by atomic mass is 16.7. The van der Waals surface area contributed by atoms with Gasteiger partial charge in [0.2, 0.25) is 6.79 Å². The molecule has 144 valence electrons.